The highest BCUT2D eigenvalue weighted by Gasteiger charge is 2.24. The smallest absolute Gasteiger partial charge is 0.337 e. The quantitative estimate of drug-likeness (QED) is 0.602. The van der Waals surface area contributed by atoms with Gasteiger partial charge in [-0.15, -0.1) is 0 Å². The van der Waals surface area contributed by atoms with Gasteiger partial charge in [0.15, 0.2) is 0 Å². The number of hydrogen-bond acceptors (Lipinski definition) is 6. The molecule has 0 aromatic heterocycles. The van der Waals surface area contributed by atoms with Crippen LogP contribution in [0.3, 0.4) is 0 Å². The predicted octanol–water partition coefficient (Wildman–Crippen LogP) is 0.253. The van der Waals surface area contributed by atoms with Crippen molar-refractivity contribution in [3.05, 3.63) is 23.8 Å². The number of methoxy groups -OCH3 is 1. The average Bonchev–Trinajstić information content (AvgIpc) is 2.47. The third-order valence-corrected chi connectivity index (χ3v) is 3.20. The van der Waals surface area contributed by atoms with E-state index in [0.717, 1.165) is 5.69 Å². The van der Waals surface area contributed by atoms with Crippen LogP contribution in [0.15, 0.2) is 18.2 Å². The first-order valence-electron chi connectivity index (χ1n) is 6.10. The lowest BCUT2D eigenvalue weighted by Gasteiger charge is -2.37. The number of aliphatic hydroxyl groups excluding tert-OH is 1. The summed E-state index contributed by atoms with van der Waals surface area (Å²) in [5.41, 5.74) is 7.69. The van der Waals surface area contributed by atoms with Crippen LogP contribution in [-0.2, 0) is 9.47 Å². The van der Waals surface area contributed by atoms with Crippen LogP contribution in [-0.4, -0.2) is 50.6 Å². The molecule has 0 spiro atoms. The maximum absolute atomic E-state index is 11.6. The van der Waals surface area contributed by atoms with E-state index < -0.39 is 5.97 Å². The van der Waals surface area contributed by atoms with Crippen LogP contribution in [0.25, 0.3) is 0 Å². The number of benzene rings is 1. The molecule has 1 saturated heterocycles. The Hall–Kier alpha value is -1.79. The van der Waals surface area contributed by atoms with E-state index in [1.165, 1.54) is 7.11 Å². The number of rotatable bonds is 3. The molecule has 0 aliphatic carbocycles. The van der Waals surface area contributed by atoms with Gasteiger partial charge in [-0.2, -0.15) is 0 Å². The van der Waals surface area contributed by atoms with Gasteiger partial charge in [-0.3, -0.25) is 0 Å². The molecule has 3 N–H and O–H groups in total. The van der Waals surface area contributed by atoms with Crippen LogP contribution in [0.1, 0.15) is 10.4 Å². The van der Waals surface area contributed by atoms with E-state index in [1.807, 2.05) is 4.90 Å². The lowest BCUT2D eigenvalue weighted by molar-refractivity contribution is 0.0600. The third-order valence-electron chi connectivity index (χ3n) is 3.20. The highest BCUT2D eigenvalue weighted by Crippen LogP contribution is 2.28. The zero-order valence-corrected chi connectivity index (χ0v) is 10.8. The molecule has 104 valence electrons. The first-order chi connectivity index (χ1) is 9.17. The van der Waals surface area contributed by atoms with E-state index >= 15 is 0 Å². The zero-order valence-electron chi connectivity index (χ0n) is 10.8. The minimum absolute atomic E-state index is 0.0259. The first-order valence-corrected chi connectivity index (χ1v) is 6.10. The van der Waals surface area contributed by atoms with Gasteiger partial charge in [-0.1, -0.05) is 0 Å². The Morgan fingerprint density at radius 3 is 3.11 bits per heavy atom. The van der Waals surface area contributed by atoms with Crippen LogP contribution in [0.2, 0.25) is 0 Å². The lowest BCUT2D eigenvalue weighted by Crippen LogP contribution is -2.48. The minimum Gasteiger partial charge on any atom is -0.465 e. The second-order valence-corrected chi connectivity index (χ2v) is 4.37. The molecule has 1 aromatic carbocycles. The van der Waals surface area contributed by atoms with E-state index in [9.17, 15) is 9.90 Å². The molecule has 1 heterocycles. The molecule has 2 rings (SSSR count). The summed E-state index contributed by atoms with van der Waals surface area (Å²) in [6, 6.07) is 4.84. The average molecular weight is 266 g/mol. The minimum atomic E-state index is -0.407. The number of morpholine rings is 1. The SMILES string of the molecule is COC(=O)c1ccc(N)c(N2CCOCC2CO)c1. The molecule has 1 aromatic rings. The molecular weight excluding hydrogens is 248 g/mol. The molecule has 6 nitrogen and oxygen atoms in total. The van der Waals surface area contributed by atoms with Gasteiger partial charge in [0.2, 0.25) is 0 Å². The van der Waals surface area contributed by atoms with Crippen LogP contribution in [0.4, 0.5) is 11.4 Å². The molecule has 1 unspecified atom stereocenters. The molecular formula is C13H18N2O4. The van der Waals surface area contributed by atoms with Crippen molar-refractivity contribution in [2.75, 3.05) is 44.1 Å². The van der Waals surface area contributed by atoms with Crippen molar-refractivity contribution in [1.29, 1.82) is 0 Å². The summed E-state index contributed by atoms with van der Waals surface area (Å²) in [5.74, 6) is -0.407. The zero-order chi connectivity index (χ0) is 13.8. The summed E-state index contributed by atoms with van der Waals surface area (Å²) in [7, 11) is 1.34. The summed E-state index contributed by atoms with van der Waals surface area (Å²) in [4.78, 5) is 13.5. The Labute approximate surface area is 111 Å². The van der Waals surface area contributed by atoms with Gasteiger partial charge < -0.3 is 25.2 Å². The summed E-state index contributed by atoms with van der Waals surface area (Å²) in [6.07, 6.45) is 0. The third kappa shape index (κ3) is 2.80. The van der Waals surface area contributed by atoms with Gasteiger partial charge in [-0.05, 0) is 18.2 Å². The van der Waals surface area contributed by atoms with E-state index in [-0.39, 0.29) is 12.6 Å². The topological polar surface area (TPSA) is 85.0 Å². The van der Waals surface area contributed by atoms with Crippen molar-refractivity contribution in [3.63, 3.8) is 0 Å². The van der Waals surface area contributed by atoms with E-state index in [1.54, 1.807) is 18.2 Å². The molecule has 0 bridgehead atoms. The van der Waals surface area contributed by atoms with Crippen LogP contribution < -0.4 is 10.6 Å². The molecule has 1 fully saturated rings. The van der Waals surface area contributed by atoms with Crippen molar-refractivity contribution in [3.8, 4) is 0 Å². The summed E-state index contributed by atoms with van der Waals surface area (Å²) in [6.45, 7) is 1.61. The van der Waals surface area contributed by atoms with E-state index in [0.29, 0.717) is 31.0 Å². The predicted molar refractivity (Wildman–Crippen MR) is 71.2 cm³/mol. The number of carbonyl (C=O) groups is 1. The maximum Gasteiger partial charge on any atom is 0.337 e. The van der Waals surface area contributed by atoms with Crippen LogP contribution in [0, 0.1) is 0 Å². The molecule has 0 radical (unpaired) electrons. The summed E-state index contributed by atoms with van der Waals surface area (Å²) >= 11 is 0. The number of anilines is 2. The number of esters is 1. The number of nitrogens with two attached hydrogens (primary N) is 1. The normalized spacial score (nSPS) is 19.3. The summed E-state index contributed by atoms with van der Waals surface area (Å²) in [5, 5.41) is 9.38. The van der Waals surface area contributed by atoms with Gasteiger partial charge in [0.1, 0.15) is 0 Å². The standard InChI is InChI=1S/C13H18N2O4/c1-18-13(17)9-2-3-11(14)12(6-9)15-4-5-19-8-10(15)7-16/h2-3,6,10,16H,4-5,7-8,14H2,1H3. The van der Waals surface area contributed by atoms with Crippen LogP contribution in [0.5, 0.6) is 0 Å². The first kappa shape index (κ1) is 13.6. The Balaban J connectivity index is 2.34. The molecule has 0 saturated carbocycles. The van der Waals surface area contributed by atoms with Crippen molar-refractivity contribution >= 4 is 17.3 Å². The lowest BCUT2D eigenvalue weighted by atomic mass is 10.1. The Morgan fingerprint density at radius 2 is 2.42 bits per heavy atom. The van der Waals surface area contributed by atoms with Gasteiger partial charge in [0, 0.05) is 6.54 Å². The fourth-order valence-corrected chi connectivity index (χ4v) is 2.16. The Bertz CT molecular complexity index is 464. The molecule has 0 amide bonds. The molecule has 1 atom stereocenters. The van der Waals surface area contributed by atoms with Crippen molar-refractivity contribution in [2.24, 2.45) is 0 Å². The second kappa shape index (κ2) is 5.90. The molecule has 6 heteroatoms. The van der Waals surface area contributed by atoms with Gasteiger partial charge in [-0.25, -0.2) is 4.79 Å². The summed E-state index contributed by atoms with van der Waals surface area (Å²) < 4.78 is 10.0. The van der Waals surface area contributed by atoms with Crippen molar-refractivity contribution < 1.29 is 19.4 Å². The number of ether oxygens (including phenoxy) is 2. The molecule has 1 aliphatic heterocycles. The fraction of sp³-hybridized carbons (Fsp3) is 0.462. The van der Waals surface area contributed by atoms with E-state index in [2.05, 4.69) is 0 Å². The number of hydrogen-bond donors (Lipinski definition) is 2. The number of nitrogens with zero attached hydrogens (tertiary/aromatic N) is 1. The monoisotopic (exact) mass is 266 g/mol. The largest absolute Gasteiger partial charge is 0.465 e. The van der Waals surface area contributed by atoms with Crippen LogP contribution >= 0.6 is 0 Å². The van der Waals surface area contributed by atoms with Gasteiger partial charge in [0.25, 0.3) is 0 Å². The Kier molecular flexibility index (Phi) is 4.24. The van der Waals surface area contributed by atoms with Crippen molar-refractivity contribution in [1.82, 2.24) is 0 Å². The highest BCUT2D eigenvalue weighted by molar-refractivity contribution is 5.92. The van der Waals surface area contributed by atoms with Gasteiger partial charge in [0.05, 0.1) is 49.9 Å². The van der Waals surface area contributed by atoms with Crippen molar-refractivity contribution in [2.45, 2.75) is 6.04 Å². The number of carbonyl (C=O) groups excluding carboxylic acids is 1. The van der Waals surface area contributed by atoms with Gasteiger partial charge >= 0.3 is 5.97 Å². The second-order valence-electron chi connectivity index (χ2n) is 4.37. The fourth-order valence-electron chi connectivity index (χ4n) is 2.16. The Morgan fingerprint density at radius 1 is 1.63 bits per heavy atom. The molecule has 1 aliphatic rings. The number of nitrogen functional groups attached to an aromatic ring is 1. The molecule has 19 heavy (non-hydrogen) atoms. The number of aliphatic hydroxyl groups is 1. The van der Waals surface area contributed by atoms with E-state index in [4.69, 9.17) is 15.2 Å². The highest BCUT2D eigenvalue weighted by atomic mass is 16.5. The maximum atomic E-state index is 11.6.